The quantitative estimate of drug-likeness (QED) is 0.0283. The van der Waals surface area contributed by atoms with Gasteiger partial charge >= 0.3 is 11.9 Å². The van der Waals surface area contributed by atoms with Gasteiger partial charge in [-0.25, -0.2) is 0 Å². The van der Waals surface area contributed by atoms with Crippen LogP contribution in [0.15, 0.2) is 12.2 Å². The van der Waals surface area contributed by atoms with E-state index in [2.05, 4.69) is 26.0 Å². The summed E-state index contributed by atoms with van der Waals surface area (Å²) in [6.45, 7) is 3.39. The Hall–Kier alpha value is -1.56. The van der Waals surface area contributed by atoms with Crippen molar-refractivity contribution in [2.75, 3.05) is 19.8 Å². The summed E-state index contributed by atoms with van der Waals surface area (Å²) in [4.78, 5) is 25.2. The SMILES string of the molecule is CCCCC/C=C\CCCCCCCC(=O)OC(COC(=O)CCCCCCCCCCCCCCCCC)COC1OC(CO)C(O)C(O)C1O. The van der Waals surface area contributed by atoms with E-state index >= 15 is 0 Å². The summed E-state index contributed by atoms with van der Waals surface area (Å²) in [7, 11) is 0. The van der Waals surface area contributed by atoms with Gasteiger partial charge in [0, 0.05) is 12.8 Å². The van der Waals surface area contributed by atoms with Gasteiger partial charge in [-0.3, -0.25) is 9.59 Å². The molecule has 1 rings (SSSR count). The van der Waals surface area contributed by atoms with E-state index in [1.165, 1.54) is 96.3 Å². The summed E-state index contributed by atoms with van der Waals surface area (Å²) in [6.07, 6.45) is 26.5. The van der Waals surface area contributed by atoms with Gasteiger partial charge in [-0.1, -0.05) is 148 Å². The number of allylic oxidation sites excluding steroid dienone is 2. The lowest BCUT2D eigenvalue weighted by molar-refractivity contribution is -0.305. The first-order chi connectivity index (χ1) is 25.3. The van der Waals surface area contributed by atoms with E-state index in [0.717, 1.165) is 57.8 Å². The molecule has 0 saturated carbocycles. The molecule has 1 heterocycles. The number of ether oxygens (including phenoxy) is 4. The van der Waals surface area contributed by atoms with Crippen LogP contribution in [0.5, 0.6) is 0 Å². The summed E-state index contributed by atoms with van der Waals surface area (Å²) in [5.41, 5.74) is 0. The van der Waals surface area contributed by atoms with E-state index in [1.54, 1.807) is 0 Å². The van der Waals surface area contributed by atoms with Crippen molar-refractivity contribution in [3.8, 4) is 0 Å². The van der Waals surface area contributed by atoms with E-state index in [9.17, 15) is 30.0 Å². The zero-order valence-electron chi connectivity index (χ0n) is 33.1. The Morgan fingerprint density at radius 2 is 1.02 bits per heavy atom. The van der Waals surface area contributed by atoms with Crippen LogP contribution in [-0.2, 0) is 28.5 Å². The van der Waals surface area contributed by atoms with E-state index in [4.69, 9.17) is 18.9 Å². The maximum atomic E-state index is 12.7. The molecule has 0 spiro atoms. The molecule has 52 heavy (non-hydrogen) atoms. The fourth-order valence-corrected chi connectivity index (χ4v) is 6.48. The van der Waals surface area contributed by atoms with Crippen LogP contribution in [0.4, 0.5) is 0 Å². The van der Waals surface area contributed by atoms with Gasteiger partial charge in [0.2, 0.25) is 0 Å². The number of carbonyl (C=O) groups excluding carboxylic acids is 2. The van der Waals surface area contributed by atoms with Crippen molar-refractivity contribution >= 4 is 11.9 Å². The Morgan fingerprint density at radius 3 is 1.54 bits per heavy atom. The van der Waals surface area contributed by atoms with Crippen molar-refractivity contribution in [3.63, 3.8) is 0 Å². The van der Waals surface area contributed by atoms with Gasteiger partial charge in [0.05, 0.1) is 13.2 Å². The molecule has 1 aliphatic heterocycles. The van der Waals surface area contributed by atoms with Gasteiger partial charge in [0.25, 0.3) is 0 Å². The Bertz CT molecular complexity index is 866. The summed E-state index contributed by atoms with van der Waals surface area (Å²) >= 11 is 0. The summed E-state index contributed by atoms with van der Waals surface area (Å²) < 4.78 is 22.1. The molecule has 1 saturated heterocycles. The number of carbonyl (C=O) groups is 2. The smallest absolute Gasteiger partial charge is 0.306 e. The number of hydrogen-bond acceptors (Lipinski definition) is 10. The molecule has 1 aliphatic rings. The predicted molar refractivity (Wildman–Crippen MR) is 206 cm³/mol. The van der Waals surface area contributed by atoms with Gasteiger partial charge in [-0.15, -0.1) is 0 Å². The second-order valence-electron chi connectivity index (χ2n) is 14.8. The number of aliphatic hydroxyl groups is 4. The van der Waals surface area contributed by atoms with Crippen LogP contribution in [0.3, 0.4) is 0 Å². The molecule has 0 bridgehead atoms. The first-order valence-corrected chi connectivity index (χ1v) is 21.3. The minimum atomic E-state index is -1.59. The van der Waals surface area contributed by atoms with Crippen molar-refractivity contribution in [1.82, 2.24) is 0 Å². The Kier molecular flexibility index (Phi) is 31.7. The molecule has 6 unspecified atom stereocenters. The Morgan fingerprint density at radius 1 is 0.577 bits per heavy atom. The van der Waals surface area contributed by atoms with E-state index in [1.807, 2.05) is 0 Å². The monoisotopic (exact) mass is 743 g/mol. The highest BCUT2D eigenvalue weighted by atomic mass is 16.7. The first-order valence-electron chi connectivity index (χ1n) is 21.3. The van der Waals surface area contributed by atoms with Crippen LogP contribution in [0.1, 0.15) is 187 Å². The molecule has 306 valence electrons. The number of rotatable bonds is 35. The average Bonchev–Trinajstić information content (AvgIpc) is 3.14. The molecule has 4 N–H and O–H groups in total. The first kappa shape index (κ1) is 48.5. The van der Waals surface area contributed by atoms with Crippen molar-refractivity contribution in [2.24, 2.45) is 0 Å². The molecule has 1 fully saturated rings. The second kappa shape index (κ2) is 34.0. The zero-order valence-corrected chi connectivity index (χ0v) is 33.1. The molecule has 6 atom stereocenters. The fraction of sp³-hybridized carbons (Fsp3) is 0.905. The number of esters is 2. The van der Waals surface area contributed by atoms with E-state index < -0.39 is 49.4 Å². The van der Waals surface area contributed by atoms with E-state index in [-0.39, 0.29) is 32.0 Å². The third-order valence-corrected chi connectivity index (χ3v) is 9.90. The zero-order chi connectivity index (χ0) is 38.1. The van der Waals surface area contributed by atoms with Gasteiger partial charge in [-0.05, 0) is 38.5 Å². The molecule has 0 aromatic rings. The third-order valence-electron chi connectivity index (χ3n) is 9.90. The number of hydrogen-bond donors (Lipinski definition) is 4. The lowest BCUT2D eigenvalue weighted by Crippen LogP contribution is -2.59. The lowest BCUT2D eigenvalue weighted by Gasteiger charge is -2.39. The molecule has 10 nitrogen and oxygen atoms in total. The van der Waals surface area contributed by atoms with Crippen LogP contribution in [0.2, 0.25) is 0 Å². The molecule has 0 radical (unpaired) electrons. The van der Waals surface area contributed by atoms with Crippen LogP contribution < -0.4 is 0 Å². The maximum Gasteiger partial charge on any atom is 0.306 e. The predicted octanol–water partition coefficient (Wildman–Crippen LogP) is 8.39. The van der Waals surface area contributed by atoms with Crippen LogP contribution in [0.25, 0.3) is 0 Å². The highest BCUT2D eigenvalue weighted by Crippen LogP contribution is 2.22. The van der Waals surface area contributed by atoms with Crippen LogP contribution >= 0.6 is 0 Å². The van der Waals surface area contributed by atoms with Crippen molar-refractivity contribution < 1.29 is 49.0 Å². The van der Waals surface area contributed by atoms with Crippen molar-refractivity contribution in [3.05, 3.63) is 12.2 Å². The molecule has 0 amide bonds. The molecular formula is C42H78O10. The van der Waals surface area contributed by atoms with Gasteiger partial charge in [-0.2, -0.15) is 0 Å². The fourth-order valence-electron chi connectivity index (χ4n) is 6.48. The standard InChI is InChI=1S/C42H78O10/c1-3-5-7-9-11-13-15-17-18-19-21-22-24-26-28-30-37(44)49-33-35(34-50-42-41(48)40(47)39(46)36(32-43)52-42)51-38(45)31-29-27-25-23-20-16-14-12-10-8-6-4-2/h12,14,35-36,39-43,46-48H,3-11,13,15-34H2,1-2H3/b14-12-. The summed E-state index contributed by atoms with van der Waals surface area (Å²) in [5, 5.41) is 40.0. The molecule has 0 aliphatic carbocycles. The topological polar surface area (TPSA) is 152 Å². The molecule has 0 aromatic carbocycles. The van der Waals surface area contributed by atoms with Gasteiger partial charge < -0.3 is 39.4 Å². The minimum absolute atomic E-state index is 0.216. The highest BCUT2D eigenvalue weighted by Gasteiger charge is 2.44. The molecule has 10 heteroatoms. The molecular weight excluding hydrogens is 664 g/mol. The largest absolute Gasteiger partial charge is 0.462 e. The maximum absolute atomic E-state index is 12.7. The second-order valence-corrected chi connectivity index (χ2v) is 14.8. The minimum Gasteiger partial charge on any atom is -0.462 e. The summed E-state index contributed by atoms with van der Waals surface area (Å²) in [6, 6.07) is 0. The average molecular weight is 743 g/mol. The van der Waals surface area contributed by atoms with Gasteiger partial charge in [0.15, 0.2) is 12.4 Å². The van der Waals surface area contributed by atoms with Crippen LogP contribution in [-0.4, -0.2) is 89.0 Å². The Balaban J connectivity index is 2.34. The highest BCUT2D eigenvalue weighted by molar-refractivity contribution is 5.70. The van der Waals surface area contributed by atoms with E-state index in [0.29, 0.717) is 6.42 Å². The normalized spacial score (nSPS) is 21.1. The number of aliphatic hydroxyl groups excluding tert-OH is 4. The third kappa shape index (κ3) is 25.5. The Labute approximate surface area is 316 Å². The van der Waals surface area contributed by atoms with Crippen molar-refractivity contribution in [2.45, 2.75) is 224 Å². The van der Waals surface area contributed by atoms with Crippen LogP contribution in [0, 0.1) is 0 Å². The van der Waals surface area contributed by atoms with Gasteiger partial charge in [0.1, 0.15) is 31.0 Å². The molecule has 0 aromatic heterocycles. The summed E-state index contributed by atoms with van der Waals surface area (Å²) in [5.74, 6) is -0.810. The number of unbranched alkanes of at least 4 members (excludes halogenated alkanes) is 22. The lowest BCUT2D eigenvalue weighted by atomic mass is 9.99. The van der Waals surface area contributed by atoms with Crippen molar-refractivity contribution in [1.29, 1.82) is 0 Å².